The van der Waals surface area contributed by atoms with Crippen LogP contribution >= 0.6 is 0 Å². The molecule has 0 aliphatic heterocycles. The third kappa shape index (κ3) is 4.23. The SMILES string of the molecule is CC[C@@H](Oc1cccc2ccccc12)C(=O)NCCC(C)C. The van der Waals surface area contributed by atoms with Crippen LogP contribution in [0.1, 0.15) is 33.6 Å². The van der Waals surface area contributed by atoms with Crippen molar-refractivity contribution >= 4 is 16.7 Å². The van der Waals surface area contributed by atoms with Crippen LogP contribution in [0.3, 0.4) is 0 Å². The van der Waals surface area contributed by atoms with Crippen molar-refractivity contribution in [1.29, 1.82) is 0 Å². The maximum absolute atomic E-state index is 12.3. The zero-order chi connectivity index (χ0) is 15.9. The Morgan fingerprint density at radius 3 is 2.59 bits per heavy atom. The first kappa shape index (κ1) is 16.3. The lowest BCUT2D eigenvalue weighted by Crippen LogP contribution is -2.38. The monoisotopic (exact) mass is 299 g/mol. The average Bonchev–Trinajstić information content (AvgIpc) is 2.52. The van der Waals surface area contributed by atoms with Crippen LogP contribution in [0, 0.1) is 5.92 Å². The minimum Gasteiger partial charge on any atom is -0.480 e. The summed E-state index contributed by atoms with van der Waals surface area (Å²) in [6.45, 7) is 6.97. The van der Waals surface area contributed by atoms with Crippen molar-refractivity contribution in [1.82, 2.24) is 5.32 Å². The maximum Gasteiger partial charge on any atom is 0.261 e. The van der Waals surface area contributed by atoms with Gasteiger partial charge in [0.1, 0.15) is 5.75 Å². The minimum atomic E-state index is -0.446. The molecule has 0 radical (unpaired) electrons. The first-order valence-electron chi connectivity index (χ1n) is 8.04. The van der Waals surface area contributed by atoms with Crippen LogP contribution in [0.15, 0.2) is 42.5 Å². The summed E-state index contributed by atoms with van der Waals surface area (Å²) in [5.74, 6) is 1.32. The molecule has 0 saturated carbocycles. The first-order valence-corrected chi connectivity index (χ1v) is 8.04. The Bertz CT molecular complexity index is 616. The summed E-state index contributed by atoms with van der Waals surface area (Å²) in [6.07, 6.45) is 1.19. The highest BCUT2D eigenvalue weighted by Gasteiger charge is 2.18. The van der Waals surface area contributed by atoms with E-state index in [1.165, 1.54) is 0 Å². The Hall–Kier alpha value is -2.03. The molecule has 0 bridgehead atoms. The van der Waals surface area contributed by atoms with E-state index in [4.69, 9.17) is 4.74 Å². The highest BCUT2D eigenvalue weighted by Crippen LogP contribution is 2.26. The highest BCUT2D eigenvalue weighted by molar-refractivity contribution is 5.89. The van der Waals surface area contributed by atoms with Gasteiger partial charge in [-0.15, -0.1) is 0 Å². The third-order valence-electron chi connectivity index (χ3n) is 3.70. The molecule has 1 amide bonds. The minimum absolute atomic E-state index is 0.0314. The van der Waals surface area contributed by atoms with Crippen molar-refractivity contribution in [3.05, 3.63) is 42.5 Å². The molecular weight excluding hydrogens is 274 g/mol. The lowest BCUT2D eigenvalue weighted by Gasteiger charge is -2.19. The van der Waals surface area contributed by atoms with E-state index in [1.54, 1.807) is 0 Å². The first-order chi connectivity index (χ1) is 10.6. The number of ether oxygens (including phenoxy) is 1. The fourth-order valence-corrected chi connectivity index (χ4v) is 2.37. The van der Waals surface area contributed by atoms with Crippen LogP contribution < -0.4 is 10.1 Å². The average molecular weight is 299 g/mol. The van der Waals surface area contributed by atoms with Gasteiger partial charge in [-0.25, -0.2) is 0 Å². The molecule has 3 nitrogen and oxygen atoms in total. The Morgan fingerprint density at radius 2 is 1.86 bits per heavy atom. The maximum atomic E-state index is 12.3. The molecule has 0 heterocycles. The van der Waals surface area contributed by atoms with Crippen LogP contribution in [0.4, 0.5) is 0 Å². The number of benzene rings is 2. The van der Waals surface area contributed by atoms with Gasteiger partial charge in [-0.1, -0.05) is 57.2 Å². The molecule has 3 heteroatoms. The van der Waals surface area contributed by atoms with Gasteiger partial charge in [-0.2, -0.15) is 0 Å². The van der Waals surface area contributed by atoms with Gasteiger partial charge in [0.05, 0.1) is 0 Å². The van der Waals surface area contributed by atoms with E-state index in [1.807, 2.05) is 49.4 Å². The Morgan fingerprint density at radius 1 is 1.14 bits per heavy atom. The second kappa shape index (κ2) is 7.83. The smallest absolute Gasteiger partial charge is 0.261 e. The lowest BCUT2D eigenvalue weighted by molar-refractivity contribution is -0.128. The fraction of sp³-hybridized carbons (Fsp3) is 0.421. The van der Waals surface area contributed by atoms with Crippen molar-refractivity contribution in [2.75, 3.05) is 6.54 Å². The molecule has 2 aromatic carbocycles. The van der Waals surface area contributed by atoms with Crippen LogP contribution in [-0.2, 0) is 4.79 Å². The molecule has 1 atom stereocenters. The molecule has 0 aromatic heterocycles. The molecule has 0 fully saturated rings. The predicted molar refractivity (Wildman–Crippen MR) is 91.1 cm³/mol. The van der Waals surface area contributed by atoms with E-state index >= 15 is 0 Å². The summed E-state index contributed by atoms with van der Waals surface area (Å²) >= 11 is 0. The van der Waals surface area contributed by atoms with Crippen LogP contribution in [-0.4, -0.2) is 18.6 Å². The quantitative estimate of drug-likeness (QED) is 0.833. The molecule has 0 aliphatic rings. The Labute approximate surface area is 132 Å². The van der Waals surface area contributed by atoms with E-state index in [2.05, 4.69) is 19.2 Å². The van der Waals surface area contributed by atoms with Crippen LogP contribution in [0.5, 0.6) is 5.75 Å². The molecule has 0 spiro atoms. The molecule has 0 aliphatic carbocycles. The van der Waals surface area contributed by atoms with E-state index in [0.29, 0.717) is 18.9 Å². The molecule has 118 valence electrons. The summed E-state index contributed by atoms with van der Waals surface area (Å²) in [6, 6.07) is 14.0. The van der Waals surface area contributed by atoms with Gasteiger partial charge < -0.3 is 10.1 Å². The third-order valence-corrected chi connectivity index (χ3v) is 3.70. The van der Waals surface area contributed by atoms with E-state index in [0.717, 1.165) is 22.9 Å². The van der Waals surface area contributed by atoms with Gasteiger partial charge in [-0.3, -0.25) is 4.79 Å². The van der Waals surface area contributed by atoms with Crippen molar-refractivity contribution < 1.29 is 9.53 Å². The molecular formula is C19H25NO2. The van der Waals surface area contributed by atoms with Gasteiger partial charge in [-0.05, 0) is 30.2 Å². The topological polar surface area (TPSA) is 38.3 Å². The highest BCUT2D eigenvalue weighted by atomic mass is 16.5. The van der Waals surface area contributed by atoms with Crippen molar-refractivity contribution in [2.24, 2.45) is 5.92 Å². The van der Waals surface area contributed by atoms with Crippen molar-refractivity contribution in [2.45, 2.75) is 39.7 Å². The second-order valence-corrected chi connectivity index (χ2v) is 5.97. The van der Waals surface area contributed by atoms with E-state index in [-0.39, 0.29) is 5.91 Å². The number of rotatable bonds is 7. The zero-order valence-corrected chi connectivity index (χ0v) is 13.6. The number of fused-ring (bicyclic) bond motifs is 1. The second-order valence-electron chi connectivity index (χ2n) is 5.97. The molecule has 1 N–H and O–H groups in total. The molecule has 2 rings (SSSR count). The molecule has 22 heavy (non-hydrogen) atoms. The number of nitrogens with one attached hydrogen (secondary N) is 1. The van der Waals surface area contributed by atoms with Gasteiger partial charge in [0.2, 0.25) is 0 Å². The number of amides is 1. The standard InChI is InChI=1S/C19H25NO2/c1-4-17(19(21)20-13-12-14(2)3)22-18-11-7-9-15-8-5-6-10-16(15)18/h5-11,14,17H,4,12-13H2,1-3H3,(H,20,21)/t17-/m1/s1. The Balaban J connectivity index is 2.07. The van der Waals surface area contributed by atoms with Gasteiger partial charge in [0, 0.05) is 11.9 Å². The van der Waals surface area contributed by atoms with Crippen molar-refractivity contribution in [3.63, 3.8) is 0 Å². The van der Waals surface area contributed by atoms with Gasteiger partial charge in [0.25, 0.3) is 5.91 Å². The molecule has 0 saturated heterocycles. The predicted octanol–water partition coefficient (Wildman–Crippen LogP) is 4.16. The Kier molecular flexibility index (Phi) is 5.82. The summed E-state index contributed by atoms with van der Waals surface area (Å²) in [5, 5.41) is 5.13. The largest absolute Gasteiger partial charge is 0.480 e. The molecule has 0 unspecified atom stereocenters. The zero-order valence-electron chi connectivity index (χ0n) is 13.6. The van der Waals surface area contributed by atoms with Crippen LogP contribution in [0.25, 0.3) is 10.8 Å². The summed E-state index contributed by atoms with van der Waals surface area (Å²) in [7, 11) is 0. The number of hydrogen-bond donors (Lipinski definition) is 1. The van der Waals surface area contributed by atoms with Crippen molar-refractivity contribution in [3.8, 4) is 5.75 Å². The number of carbonyl (C=O) groups is 1. The van der Waals surface area contributed by atoms with E-state index in [9.17, 15) is 4.79 Å². The summed E-state index contributed by atoms with van der Waals surface area (Å²) < 4.78 is 5.98. The normalized spacial score (nSPS) is 12.4. The van der Waals surface area contributed by atoms with E-state index < -0.39 is 6.10 Å². The summed E-state index contributed by atoms with van der Waals surface area (Å²) in [5.41, 5.74) is 0. The number of carbonyl (C=O) groups excluding carboxylic acids is 1. The lowest BCUT2D eigenvalue weighted by atomic mass is 10.1. The van der Waals surface area contributed by atoms with Crippen LogP contribution in [0.2, 0.25) is 0 Å². The van der Waals surface area contributed by atoms with Gasteiger partial charge in [0.15, 0.2) is 6.10 Å². The van der Waals surface area contributed by atoms with Gasteiger partial charge >= 0.3 is 0 Å². The molecule has 2 aromatic rings. The summed E-state index contributed by atoms with van der Waals surface area (Å²) in [4.78, 5) is 12.3. The fourth-order valence-electron chi connectivity index (χ4n) is 2.37. The number of hydrogen-bond acceptors (Lipinski definition) is 2.